The third-order valence-corrected chi connectivity index (χ3v) is 6.26. The number of alkyl halides is 6. The Hall–Kier alpha value is -3.67. The van der Waals surface area contributed by atoms with Gasteiger partial charge in [0, 0.05) is 11.1 Å². The van der Waals surface area contributed by atoms with Gasteiger partial charge < -0.3 is 5.11 Å². The highest BCUT2D eigenvalue weighted by atomic mass is 32.1. The van der Waals surface area contributed by atoms with Crippen LogP contribution in [0, 0.1) is 6.92 Å². The Labute approximate surface area is 205 Å². The van der Waals surface area contributed by atoms with Crippen LogP contribution in [0.3, 0.4) is 0 Å². The molecule has 190 valence electrons. The molecular weight excluding hydrogens is 508 g/mol. The monoisotopic (exact) mass is 527 g/mol. The molecule has 0 spiro atoms. The lowest BCUT2D eigenvalue weighted by atomic mass is 10.0. The number of thiophene rings is 1. The molecule has 4 rings (SSSR count). The molecule has 36 heavy (non-hydrogen) atoms. The molecule has 1 N–H and O–H groups in total. The Balaban J connectivity index is 0.00000115. The number of aryl methyl sites for hydroxylation is 2. The van der Waals surface area contributed by atoms with Gasteiger partial charge in [0.05, 0.1) is 10.6 Å². The summed E-state index contributed by atoms with van der Waals surface area (Å²) in [6, 6.07) is 11.8. The van der Waals surface area contributed by atoms with E-state index in [1.807, 2.05) is 32.0 Å². The quantitative estimate of drug-likeness (QED) is 0.224. The molecule has 0 aliphatic rings. The molecule has 0 saturated heterocycles. The molecule has 0 aliphatic carbocycles. The number of benzene rings is 1. The lowest BCUT2D eigenvalue weighted by molar-refractivity contribution is -0.141. The van der Waals surface area contributed by atoms with Crippen molar-refractivity contribution in [2.24, 2.45) is 0 Å². The minimum Gasteiger partial charge on any atom is -0.483 e. The highest BCUT2D eigenvalue weighted by Crippen LogP contribution is 2.41. The van der Waals surface area contributed by atoms with E-state index >= 15 is 0 Å². The standard InChI is InChI=1S/C23H17F6N3S.CH2O2/c1-3-14-6-7-15(13(2)11-14)18-8-9-19(33-18)17-12-20(23(27,28)29)31-32(17)21-16(22(24,25)26)5-4-10-30-21;2-1-3/h4-12H,3H2,1-2H3;1H,(H,2,3). The third-order valence-electron chi connectivity index (χ3n) is 5.12. The second-order valence-corrected chi connectivity index (χ2v) is 8.55. The van der Waals surface area contributed by atoms with Crippen molar-refractivity contribution in [3.8, 4) is 26.8 Å². The number of nitrogens with zero attached hydrogens (tertiary/aromatic N) is 3. The minimum absolute atomic E-state index is 0.120. The van der Waals surface area contributed by atoms with Crippen LogP contribution in [0.15, 0.2) is 54.7 Å². The number of halogens is 6. The fourth-order valence-electron chi connectivity index (χ4n) is 3.49. The maximum Gasteiger partial charge on any atom is 0.435 e. The van der Waals surface area contributed by atoms with E-state index in [1.165, 1.54) is 11.3 Å². The highest BCUT2D eigenvalue weighted by molar-refractivity contribution is 7.18. The molecule has 0 amide bonds. The van der Waals surface area contributed by atoms with Crippen molar-refractivity contribution in [1.29, 1.82) is 0 Å². The Morgan fingerprint density at radius 2 is 1.67 bits per heavy atom. The van der Waals surface area contributed by atoms with Gasteiger partial charge in [-0.3, -0.25) is 4.79 Å². The predicted octanol–water partition coefficient (Wildman–Crippen LogP) is 7.27. The van der Waals surface area contributed by atoms with Gasteiger partial charge in [0.2, 0.25) is 0 Å². The normalized spacial score (nSPS) is 11.7. The van der Waals surface area contributed by atoms with E-state index in [0.717, 1.165) is 52.4 Å². The van der Waals surface area contributed by atoms with Gasteiger partial charge in [-0.1, -0.05) is 25.1 Å². The zero-order valence-electron chi connectivity index (χ0n) is 18.9. The summed E-state index contributed by atoms with van der Waals surface area (Å²) in [4.78, 5) is 13.2. The fraction of sp³-hybridized carbons (Fsp3) is 0.208. The van der Waals surface area contributed by atoms with Crippen molar-refractivity contribution in [2.75, 3.05) is 0 Å². The smallest absolute Gasteiger partial charge is 0.435 e. The number of rotatable bonds is 4. The highest BCUT2D eigenvalue weighted by Gasteiger charge is 2.39. The number of aromatic nitrogens is 3. The van der Waals surface area contributed by atoms with E-state index in [1.54, 1.807) is 12.1 Å². The van der Waals surface area contributed by atoms with Gasteiger partial charge in [0.25, 0.3) is 6.47 Å². The number of hydrogen-bond acceptors (Lipinski definition) is 4. The average molecular weight is 527 g/mol. The van der Waals surface area contributed by atoms with Gasteiger partial charge in [0.1, 0.15) is 5.56 Å². The Bertz CT molecular complexity index is 1360. The molecule has 0 bridgehead atoms. The van der Waals surface area contributed by atoms with Crippen LogP contribution < -0.4 is 0 Å². The number of carbonyl (C=O) groups is 1. The van der Waals surface area contributed by atoms with Crippen LogP contribution in [0.1, 0.15) is 29.3 Å². The van der Waals surface area contributed by atoms with E-state index < -0.39 is 29.4 Å². The summed E-state index contributed by atoms with van der Waals surface area (Å²) in [5, 5.41) is 10.3. The molecule has 3 aromatic heterocycles. The summed E-state index contributed by atoms with van der Waals surface area (Å²) < 4.78 is 81.5. The Morgan fingerprint density at radius 3 is 2.25 bits per heavy atom. The van der Waals surface area contributed by atoms with Crippen molar-refractivity contribution in [3.63, 3.8) is 0 Å². The van der Waals surface area contributed by atoms with Crippen molar-refractivity contribution >= 4 is 17.8 Å². The van der Waals surface area contributed by atoms with Crippen molar-refractivity contribution in [3.05, 3.63) is 77.1 Å². The van der Waals surface area contributed by atoms with E-state index in [2.05, 4.69) is 10.1 Å². The van der Waals surface area contributed by atoms with Crippen LogP contribution >= 0.6 is 11.3 Å². The third kappa shape index (κ3) is 5.76. The summed E-state index contributed by atoms with van der Waals surface area (Å²) in [7, 11) is 0. The molecule has 0 fully saturated rings. The summed E-state index contributed by atoms with van der Waals surface area (Å²) in [6.07, 6.45) is -7.70. The van der Waals surface area contributed by atoms with Crippen molar-refractivity contribution < 1.29 is 36.2 Å². The zero-order valence-corrected chi connectivity index (χ0v) is 19.7. The van der Waals surface area contributed by atoms with E-state index in [4.69, 9.17) is 9.90 Å². The van der Waals surface area contributed by atoms with Crippen LogP contribution in [0.2, 0.25) is 0 Å². The van der Waals surface area contributed by atoms with E-state index in [-0.39, 0.29) is 12.2 Å². The van der Waals surface area contributed by atoms with Gasteiger partial charge in [-0.15, -0.1) is 11.3 Å². The number of carboxylic acid groups (broad SMARTS) is 1. The lowest BCUT2D eigenvalue weighted by Crippen LogP contribution is -2.14. The van der Waals surface area contributed by atoms with Crippen molar-refractivity contribution in [1.82, 2.24) is 14.8 Å². The summed E-state index contributed by atoms with van der Waals surface area (Å²) in [5.41, 5.74) is 0.456. The van der Waals surface area contributed by atoms with Crippen LogP contribution in [-0.2, 0) is 23.6 Å². The summed E-state index contributed by atoms with van der Waals surface area (Å²) in [5.74, 6) is -0.714. The first-order valence-electron chi connectivity index (χ1n) is 10.4. The predicted molar refractivity (Wildman–Crippen MR) is 123 cm³/mol. The molecule has 0 aliphatic heterocycles. The first-order valence-corrected chi connectivity index (χ1v) is 11.2. The topological polar surface area (TPSA) is 68.0 Å². The second-order valence-electron chi connectivity index (χ2n) is 7.47. The summed E-state index contributed by atoms with van der Waals surface area (Å²) >= 11 is 1.18. The Kier molecular flexibility index (Phi) is 7.87. The molecular formula is C24H19F6N3O2S. The first-order chi connectivity index (χ1) is 16.9. The number of hydrogen-bond donors (Lipinski definition) is 1. The maximum absolute atomic E-state index is 13.5. The largest absolute Gasteiger partial charge is 0.483 e. The summed E-state index contributed by atoms with van der Waals surface area (Å²) in [6.45, 7) is 3.72. The van der Waals surface area contributed by atoms with Crippen LogP contribution in [0.4, 0.5) is 26.3 Å². The van der Waals surface area contributed by atoms with Crippen molar-refractivity contribution in [2.45, 2.75) is 32.6 Å². The first kappa shape index (κ1) is 26.9. The molecule has 0 saturated carbocycles. The van der Waals surface area contributed by atoms with Gasteiger partial charge >= 0.3 is 12.4 Å². The molecule has 0 unspecified atom stereocenters. The minimum atomic E-state index is -4.83. The number of pyridine rings is 1. The van der Waals surface area contributed by atoms with E-state index in [0.29, 0.717) is 9.56 Å². The molecule has 12 heteroatoms. The lowest BCUT2D eigenvalue weighted by Gasteiger charge is -2.13. The van der Waals surface area contributed by atoms with E-state index in [9.17, 15) is 26.3 Å². The fourth-order valence-corrected chi connectivity index (χ4v) is 4.58. The van der Waals surface area contributed by atoms with Gasteiger partial charge in [0.15, 0.2) is 11.5 Å². The van der Waals surface area contributed by atoms with Gasteiger partial charge in [-0.2, -0.15) is 31.4 Å². The van der Waals surface area contributed by atoms with Crippen LogP contribution in [0.25, 0.3) is 26.8 Å². The average Bonchev–Trinajstić information content (AvgIpc) is 3.46. The molecule has 3 heterocycles. The SMILES string of the molecule is CCc1ccc(-c2ccc(-c3cc(C(F)(F)F)nn3-c3ncccc3C(F)(F)F)s2)c(C)c1.O=CO. The molecule has 5 nitrogen and oxygen atoms in total. The maximum atomic E-state index is 13.5. The second kappa shape index (κ2) is 10.5. The molecule has 4 aromatic rings. The van der Waals surface area contributed by atoms with Gasteiger partial charge in [-0.25, -0.2) is 9.67 Å². The van der Waals surface area contributed by atoms with Gasteiger partial charge in [-0.05, 0) is 60.4 Å². The molecule has 0 radical (unpaired) electrons. The van der Waals surface area contributed by atoms with Crippen LogP contribution in [0.5, 0.6) is 0 Å². The zero-order chi connectivity index (χ0) is 26.7. The molecule has 0 atom stereocenters. The molecule has 1 aromatic carbocycles. The van der Waals surface area contributed by atoms with Crippen LogP contribution in [-0.4, -0.2) is 26.3 Å². The Morgan fingerprint density at radius 1 is 1.00 bits per heavy atom.